The summed E-state index contributed by atoms with van der Waals surface area (Å²) in [5.74, 6) is -10.2. The molecule has 5 aromatic carbocycles. The van der Waals surface area contributed by atoms with Crippen molar-refractivity contribution in [2.24, 2.45) is 0 Å². The lowest BCUT2D eigenvalue weighted by atomic mass is 9.97. The lowest BCUT2D eigenvalue weighted by molar-refractivity contribution is -0.189. The van der Waals surface area contributed by atoms with Crippen molar-refractivity contribution < 1.29 is 49.0 Å². The van der Waals surface area contributed by atoms with Gasteiger partial charge in [-0.15, -0.1) is 0 Å². The second-order valence-corrected chi connectivity index (χ2v) is 10.9. The highest BCUT2D eigenvalue weighted by Crippen LogP contribution is 2.39. The molecule has 0 N–H and O–H groups in total. The van der Waals surface area contributed by atoms with Gasteiger partial charge in [0.05, 0.1) is 0 Å². The minimum Gasteiger partial charge on any atom is -0.457 e. The lowest BCUT2D eigenvalue weighted by Gasteiger charge is -2.20. The number of aryl methyl sites for hydroxylation is 1. The van der Waals surface area contributed by atoms with Gasteiger partial charge in [0.1, 0.15) is 34.6 Å². The summed E-state index contributed by atoms with van der Waals surface area (Å²) in [4.78, 5) is 0. The molecule has 0 aliphatic carbocycles. The number of benzene rings is 5. The molecule has 5 rings (SSSR count). The van der Waals surface area contributed by atoms with Crippen LogP contribution in [0.4, 0.5) is 39.5 Å². The van der Waals surface area contributed by atoms with Crippen molar-refractivity contribution in [3.8, 4) is 44.9 Å². The standard InChI is InChI=1S/C37H27F9O2/c1-2-3-4-5-21-6-8-22(9-7-21)23-10-12-27(29(39)14-23)24-15-31(41)35(32(42)16-24)37(45,46)48-26-11-13-28(30(40)19-26)25-17-33(43)36(47-20-38)34(44)18-25/h6-19H,2-5,20H2,1H3. The van der Waals surface area contributed by atoms with E-state index >= 15 is 22.0 Å². The average Bonchev–Trinajstić information content (AvgIpc) is 3.02. The number of unbranched alkanes of at least 4 members (excludes halogenated alkanes) is 2. The lowest BCUT2D eigenvalue weighted by Crippen LogP contribution is -2.25. The Morgan fingerprint density at radius 1 is 0.562 bits per heavy atom. The highest BCUT2D eigenvalue weighted by molar-refractivity contribution is 5.72. The van der Waals surface area contributed by atoms with Crippen LogP contribution in [0.25, 0.3) is 33.4 Å². The first-order valence-electron chi connectivity index (χ1n) is 14.8. The van der Waals surface area contributed by atoms with Crippen LogP contribution in [0.2, 0.25) is 0 Å². The molecule has 0 heterocycles. The number of halogens is 9. The normalized spacial score (nSPS) is 11.5. The first kappa shape index (κ1) is 34.4. The summed E-state index contributed by atoms with van der Waals surface area (Å²) < 4.78 is 139. The Kier molecular flexibility index (Phi) is 10.4. The van der Waals surface area contributed by atoms with Crippen LogP contribution in [0.1, 0.15) is 37.3 Å². The Morgan fingerprint density at radius 2 is 1.08 bits per heavy atom. The van der Waals surface area contributed by atoms with Crippen molar-refractivity contribution >= 4 is 0 Å². The Balaban J connectivity index is 1.35. The predicted molar refractivity (Wildman–Crippen MR) is 163 cm³/mol. The molecule has 0 saturated carbocycles. The van der Waals surface area contributed by atoms with Gasteiger partial charge in [0, 0.05) is 17.2 Å². The fourth-order valence-corrected chi connectivity index (χ4v) is 5.28. The number of ether oxygens (including phenoxy) is 2. The summed E-state index contributed by atoms with van der Waals surface area (Å²) in [5, 5.41) is 0. The molecular weight excluding hydrogens is 647 g/mol. The van der Waals surface area contributed by atoms with E-state index in [-0.39, 0.29) is 16.7 Å². The van der Waals surface area contributed by atoms with Crippen LogP contribution in [0.15, 0.2) is 84.9 Å². The second kappa shape index (κ2) is 14.5. The Bertz CT molecular complexity index is 1880. The van der Waals surface area contributed by atoms with E-state index in [4.69, 9.17) is 0 Å². The van der Waals surface area contributed by atoms with Gasteiger partial charge in [0.2, 0.25) is 6.86 Å². The zero-order chi connectivity index (χ0) is 34.6. The van der Waals surface area contributed by atoms with Crippen LogP contribution < -0.4 is 9.47 Å². The molecule has 48 heavy (non-hydrogen) atoms. The molecule has 0 radical (unpaired) electrons. The van der Waals surface area contributed by atoms with Crippen LogP contribution in [0, 0.1) is 34.9 Å². The molecule has 0 aliphatic rings. The van der Waals surface area contributed by atoms with Crippen LogP contribution in [-0.4, -0.2) is 6.86 Å². The number of hydrogen-bond acceptors (Lipinski definition) is 2. The maximum Gasteiger partial charge on any atom is 0.432 e. The molecule has 0 aromatic heterocycles. The zero-order valence-electron chi connectivity index (χ0n) is 25.3. The summed E-state index contributed by atoms with van der Waals surface area (Å²) >= 11 is 0. The quantitative estimate of drug-likeness (QED) is 0.0969. The molecule has 0 bridgehead atoms. The van der Waals surface area contributed by atoms with Gasteiger partial charge < -0.3 is 9.47 Å². The van der Waals surface area contributed by atoms with Crippen molar-refractivity contribution in [3.05, 3.63) is 131 Å². The van der Waals surface area contributed by atoms with E-state index < -0.39 is 70.5 Å². The van der Waals surface area contributed by atoms with Gasteiger partial charge in [0.15, 0.2) is 17.4 Å². The molecule has 2 nitrogen and oxygen atoms in total. The van der Waals surface area contributed by atoms with Crippen LogP contribution in [0.5, 0.6) is 11.5 Å². The molecule has 0 aliphatic heterocycles. The van der Waals surface area contributed by atoms with Crippen molar-refractivity contribution in [3.63, 3.8) is 0 Å². The minimum atomic E-state index is -4.67. The first-order chi connectivity index (χ1) is 22.9. The number of rotatable bonds is 12. The van der Waals surface area contributed by atoms with E-state index in [9.17, 15) is 17.6 Å². The second-order valence-electron chi connectivity index (χ2n) is 10.9. The smallest absolute Gasteiger partial charge is 0.432 e. The Hall–Kier alpha value is -4.93. The van der Waals surface area contributed by atoms with E-state index in [1.54, 1.807) is 6.07 Å². The molecular formula is C37H27F9O2. The van der Waals surface area contributed by atoms with Gasteiger partial charge >= 0.3 is 6.11 Å². The van der Waals surface area contributed by atoms with Gasteiger partial charge in [-0.2, -0.15) is 8.78 Å². The SMILES string of the molecule is CCCCCc1ccc(-c2ccc(-c3cc(F)c(C(F)(F)Oc4ccc(-c5cc(F)c(OCF)c(F)c5)c(F)c4)c(F)c3)c(F)c2)cc1. The van der Waals surface area contributed by atoms with Crippen molar-refractivity contribution in [1.29, 1.82) is 0 Å². The minimum absolute atomic E-state index is 0.238. The number of hydrogen-bond donors (Lipinski definition) is 0. The van der Waals surface area contributed by atoms with Gasteiger partial charge in [-0.3, -0.25) is 0 Å². The highest BCUT2D eigenvalue weighted by atomic mass is 19.3. The van der Waals surface area contributed by atoms with E-state index in [0.717, 1.165) is 43.4 Å². The molecule has 0 unspecified atom stereocenters. The number of alkyl halides is 3. The Labute approximate surface area is 270 Å². The predicted octanol–water partition coefficient (Wildman–Crippen LogP) is 11.7. The highest BCUT2D eigenvalue weighted by Gasteiger charge is 2.41. The zero-order valence-corrected chi connectivity index (χ0v) is 25.3. The first-order valence-corrected chi connectivity index (χ1v) is 14.8. The van der Waals surface area contributed by atoms with Crippen LogP contribution in [0.3, 0.4) is 0 Å². The van der Waals surface area contributed by atoms with Gasteiger partial charge in [-0.1, -0.05) is 56.2 Å². The topological polar surface area (TPSA) is 18.5 Å². The molecule has 5 aromatic rings. The molecule has 11 heteroatoms. The molecule has 0 fully saturated rings. The third-order valence-electron chi connectivity index (χ3n) is 7.66. The average molecular weight is 675 g/mol. The maximum absolute atomic E-state index is 15.2. The van der Waals surface area contributed by atoms with Gasteiger partial charge in [-0.05, 0) is 83.1 Å². The largest absolute Gasteiger partial charge is 0.457 e. The fourth-order valence-electron chi connectivity index (χ4n) is 5.28. The third-order valence-corrected chi connectivity index (χ3v) is 7.66. The van der Waals surface area contributed by atoms with Gasteiger partial charge in [-0.25, -0.2) is 30.7 Å². The van der Waals surface area contributed by atoms with Crippen molar-refractivity contribution in [2.75, 3.05) is 6.86 Å². The Morgan fingerprint density at radius 3 is 1.62 bits per heavy atom. The van der Waals surface area contributed by atoms with Crippen LogP contribution in [-0.2, 0) is 12.5 Å². The summed E-state index contributed by atoms with van der Waals surface area (Å²) in [6.45, 7) is 0.591. The summed E-state index contributed by atoms with van der Waals surface area (Å²) in [7, 11) is 0. The summed E-state index contributed by atoms with van der Waals surface area (Å²) in [6, 6.07) is 16.0. The van der Waals surface area contributed by atoms with E-state index in [2.05, 4.69) is 16.4 Å². The molecule has 0 amide bonds. The monoisotopic (exact) mass is 674 g/mol. The van der Waals surface area contributed by atoms with E-state index in [1.165, 1.54) is 12.1 Å². The van der Waals surface area contributed by atoms with Crippen molar-refractivity contribution in [2.45, 2.75) is 38.7 Å². The summed E-state index contributed by atoms with van der Waals surface area (Å²) in [6.07, 6.45) is -0.487. The summed E-state index contributed by atoms with van der Waals surface area (Å²) in [5.41, 5.74) is -0.866. The maximum atomic E-state index is 15.2. The van der Waals surface area contributed by atoms with E-state index in [1.807, 2.05) is 24.3 Å². The van der Waals surface area contributed by atoms with Gasteiger partial charge in [0.25, 0.3) is 0 Å². The molecule has 0 atom stereocenters. The van der Waals surface area contributed by atoms with Crippen molar-refractivity contribution in [1.82, 2.24) is 0 Å². The third kappa shape index (κ3) is 7.45. The van der Waals surface area contributed by atoms with E-state index in [0.29, 0.717) is 41.5 Å². The molecule has 0 spiro atoms. The van der Waals surface area contributed by atoms with Crippen LogP contribution >= 0.6 is 0 Å². The fraction of sp³-hybridized carbons (Fsp3) is 0.189. The molecule has 250 valence electrons. The molecule has 0 saturated heterocycles.